The predicted octanol–water partition coefficient (Wildman–Crippen LogP) is 0.981. The standard InChI is InChI=1S/C19H24F3N3O3/c20-13-8-15(22)14(21)6-10(13)7-16(23)11-5-12-1-3-19(9-11,18(24)28)25(12)17(27)2-4-26/h6,8,11-12,16,26H,1-5,7,9,23H2,(H2,24,28)/t11?,12?,16-,19-/m1/s1. The molecule has 1 aromatic rings. The van der Waals surface area contributed by atoms with Crippen LogP contribution in [0.1, 0.15) is 37.7 Å². The lowest BCUT2D eigenvalue weighted by molar-refractivity contribution is -0.151. The van der Waals surface area contributed by atoms with E-state index in [1.54, 1.807) is 0 Å². The predicted molar refractivity (Wildman–Crippen MR) is 94.2 cm³/mol. The maximum Gasteiger partial charge on any atom is 0.243 e. The van der Waals surface area contributed by atoms with Crippen LogP contribution in [0.3, 0.4) is 0 Å². The van der Waals surface area contributed by atoms with E-state index in [0.29, 0.717) is 25.3 Å². The third-order valence-corrected chi connectivity index (χ3v) is 6.10. The van der Waals surface area contributed by atoms with Crippen molar-refractivity contribution >= 4 is 11.8 Å². The fourth-order valence-electron chi connectivity index (χ4n) is 4.76. The van der Waals surface area contributed by atoms with E-state index in [1.807, 2.05) is 0 Å². The summed E-state index contributed by atoms with van der Waals surface area (Å²) in [5, 5.41) is 9.08. The number of primary amides is 1. The molecule has 6 nitrogen and oxygen atoms in total. The molecule has 0 spiro atoms. The zero-order valence-corrected chi connectivity index (χ0v) is 15.3. The fraction of sp³-hybridized carbons (Fsp3) is 0.579. The first kappa shape index (κ1) is 20.6. The second-order valence-electron chi connectivity index (χ2n) is 7.75. The second kappa shape index (κ2) is 7.71. The summed E-state index contributed by atoms with van der Waals surface area (Å²) in [5.74, 6) is -4.50. The van der Waals surface area contributed by atoms with Gasteiger partial charge in [0.05, 0.1) is 6.61 Å². The number of halogens is 3. The van der Waals surface area contributed by atoms with Crippen molar-refractivity contribution in [3.8, 4) is 0 Å². The van der Waals surface area contributed by atoms with Gasteiger partial charge in [-0.3, -0.25) is 9.59 Å². The van der Waals surface area contributed by atoms with Crippen LogP contribution >= 0.6 is 0 Å². The normalized spacial score (nSPS) is 27.7. The van der Waals surface area contributed by atoms with Crippen molar-refractivity contribution in [2.45, 2.75) is 56.1 Å². The average Bonchev–Trinajstić information content (AvgIpc) is 2.87. The fourth-order valence-corrected chi connectivity index (χ4v) is 4.76. The Morgan fingerprint density at radius 2 is 1.93 bits per heavy atom. The maximum atomic E-state index is 14.0. The molecule has 0 radical (unpaired) electrons. The third-order valence-electron chi connectivity index (χ3n) is 6.10. The molecule has 2 aliphatic rings. The highest BCUT2D eigenvalue weighted by Gasteiger charge is 2.57. The molecule has 28 heavy (non-hydrogen) atoms. The van der Waals surface area contributed by atoms with Crippen molar-refractivity contribution in [3.05, 3.63) is 35.1 Å². The van der Waals surface area contributed by atoms with E-state index >= 15 is 0 Å². The number of amides is 2. The molecule has 2 fully saturated rings. The number of aliphatic hydroxyl groups excluding tert-OH is 1. The number of piperidine rings is 1. The van der Waals surface area contributed by atoms with Gasteiger partial charge in [0.25, 0.3) is 0 Å². The van der Waals surface area contributed by atoms with Crippen LogP contribution in [0.2, 0.25) is 0 Å². The Balaban J connectivity index is 1.81. The number of hydrogen-bond acceptors (Lipinski definition) is 4. The molecule has 0 saturated carbocycles. The highest BCUT2D eigenvalue weighted by molar-refractivity contribution is 5.91. The van der Waals surface area contributed by atoms with Crippen molar-refractivity contribution in [2.24, 2.45) is 17.4 Å². The van der Waals surface area contributed by atoms with Crippen molar-refractivity contribution in [3.63, 3.8) is 0 Å². The van der Waals surface area contributed by atoms with Crippen LogP contribution in [0.5, 0.6) is 0 Å². The van der Waals surface area contributed by atoms with Crippen LogP contribution in [0, 0.1) is 23.4 Å². The van der Waals surface area contributed by atoms with E-state index in [0.717, 1.165) is 6.07 Å². The molecule has 0 aromatic heterocycles. The molecule has 2 heterocycles. The molecule has 9 heteroatoms. The van der Waals surface area contributed by atoms with Crippen LogP contribution in [-0.2, 0) is 16.0 Å². The summed E-state index contributed by atoms with van der Waals surface area (Å²) < 4.78 is 40.6. The summed E-state index contributed by atoms with van der Waals surface area (Å²) >= 11 is 0. The lowest BCUT2D eigenvalue weighted by atomic mass is 9.76. The van der Waals surface area contributed by atoms with Gasteiger partial charge in [0.15, 0.2) is 11.6 Å². The molecule has 2 bridgehead atoms. The van der Waals surface area contributed by atoms with Gasteiger partial charge in [0.2, 0.25) is 11.8 Å². The largest absolute Gasteiger partial charge is 0.396 e. The SMILES string of the molecule is NC(=O)[C@@]12CCC(CC([C@H](N)Cc3cc(F)c(F)cc3F)C1)N2C(=O)CCO. The zero-order chi connectivity index (χ0) is 20.6. The quantitative estimate of drug-likeness (QED) is 0.620. The van der Waals surface area contributed by atoms with E-state index in [2.05, 4.69) is 0 Å². The van der Waals surface area contributed by atoms with Crippen LogP contribution in [0.25, 0.3) is 0 Å². The lowest BCUT2D eigenvalue weighted by Crippen LogP contribution is -2.63. The van der Waals surface area contributed by atoms with Crippen LogP contribution < -0.4 is 11.5 Å². The van der Waals surface area contributed by atoms with E-state index in [9.17, 15) is 22.8 Å². The highest BCUT2D eigenvalue weighted by atomic mass is 19.2. The molecule has 2 amide bonds. The number of benzene rings is 1. The summed E-state index contributed by atoms with van der Waals surface area (Å²) in [7, 11) is 0. The number of carbonyl (C=O) groups is 2. The van der Waals surface area contributed by atoms with Gasteiger partial charge < -0.3 is 21.5 Å². The van der Waals surface area contributed by atoms with Gasteiger partial charge in [-0.05, 0) is 49.7 Å². The van der Waals surface area contributed by atoms with Crippen LogP contribution in [0.15, 0.2) is 12.1 Å². The zero-order valence-electron chi connectivity index (χ0n) is 15.3. The van der Waals surface area contributed by atoms with Gasteiger partial charge in [0.1, 0.15) is 11.4 Å². The number of nitrogens with two attached hydrogens (primary N) is 2. The second-order valence-corrected chi connectivity index (χ2v) is 7.75. The Bertz CT molecular complexity index is 791. The Morgan fingerprint density at radius 3 is 2.57 bits per heavy atom. The van der Waals surface area contributed by atoms with Crippen molar-refractivity contribution in [1.29, 1.82) is 0 Å². The number of hydrogen-bond donors (Lipinski definition) is 3. The van der Waals surface area contributed by atoms with Crippen molar-refractivity contribution < 1.29 is 27.9 Å². The topological polar surface area (TPSA) is 110 Å². The number of fused-ring (bicyclic) bond motifs is 2. The van der Waals surface area contributed by atoms with Crippen molar-refractivity contribution in [1.82, 2.24) is 4.90 Å². The third kappa shape index (κ3) is 3.48. The van der Waals surface area contributed by atoms with Gasteiger partial charge in [-0.15, -0.1) is 0 Å². The summed E-state index contributed by atoms with van der Waals surface area (Å²) in [6.45, 7) is -0.324. The summed E-state index contributed by atoms with van der Waals surface area (Å²) in [6, 6.07) is 0.422. The average molecular weight is 399 g/mol. The number of carbonyl (C=O) groups excluding carboxylic acids is 2. The molecule has 154 valence electrons. The molecule has 5 N–H and O–H groups in total. The first-order valence-electron chi connectivity index (χ1n) is 9.31. The molecule has 1 aromatic carbocycles. The number of nitrogens with zero attached hydrogens (tertiary/aromatic N) is 1. The molecule has 4 atom stereocenters. The van der Waals surface area contributed by atoms with Crippen LogP contribution in [0.4, 0.5) is 13.2 Å². The Kier molecular flexibility index (Phi) is 5.67. The van der Waals surface area contributed by atoms with E-state index < -0.39 is 34.9 Å². The van der Waals surface area contributed by atoms with Gasteiger partial charge in [-0.25, -0.2) is 13.2 Å². The highest BCUT2D eigenvalue weighted by Crippen LogP contribution is 2.47. The minimum Gasteiger partial charge on any atom is -0.396 e. The Morgan fingerprint density at radius 1 is 1.25 bits per heavy atom. The minimum absolute atomic E-state index is 0.0279. The molecule has 2 saturated heterocycles. The summed E-state index contributed by atoms with van der Waals surface area (Å²) in [4.78, 5) is 26.2. The lowest BCUT2D eigenvalue weighted by Gasteiger charge is -2.47. The molecular weight excluding hydrogens is 375 g/mol. The van der Waals surface area contributed by atoms with Crippen LogP contribution in [-0.4, -0.2) is 46.1 Å². The Labute approximate surface area is 160 Å². The van der Waals surface area contributed by atoms with Crippen molar-refractivity contribution in [2.75, 3.05) is 6.61 Å². The first-order valence-corrected chi connectivity index (χ1v) is 9.31. The van der Waals surface area contributed by atoms with Gasteiger partial charge >= 0.3 is 0 Å². The summed E-state index contributed by atoms with van der Waals surface area (Å²) in [5.41, 5.74) is 10.7. The molecule has 3 rings (SSSR count). The molecule has 0 aliphatic carbocycles. The monoisotopic (exact) mass is 399 g/mol. The summed E-state index contributed by atoms with van der Waals surface area (Å²) in [6.07, 6.45) is 1.60. The minimum atomic E-state index is -1.27. The molecule has 2 aliphatic heterocycles. The molecular formula is C19H24F3N3O3. The van der Waals surface area contributed by atoms with Gasteiger partial charge in [-0.2, -0.15) is 0 Å². The van der Waals surface area contributed by atoms with E-state index in [4.69, 9.17) is 16.6 Å². The maximum absolute atomic E-state index is 14.0. The number of rotatable bonds is 6. The van der Waals surface area contributed by atoms with E-state index in [1.165, 1.54) is 4.90 Å². The smallest absolute Gasteiger partial charge is 0.243 e. The van der Waals surface area contributed by atoms with Gasteiger partial charge in [0, 0.05) is 24.6 Å². The first-order chi connectivity index (χ1) is 13.2. The van der Waals surface area contributed by atoms with E-state index in [-0.39, 0.29) is 49.3 Å². The Hall–Kier alpha value is -2.13. The number of aliphatic hydroxyl groups is 1. The molecule has 2 unspecified atom stereocenters. The van der Waals surface area contributed by atoms with Gasteiger partial charge in [-0.1, -0.05) is 0 Å².